The van der Waals surface area contributed by atoms with Crippen molar-refractivity contribution >= 4 is 16.6 Å². The van der Waals surface area contributed by atoms with E-state index in [1.54, 1.807) is 0 Å². The molecule has 0 unspecified atom stereocenters. The maximum Gasteiger partial charge on any atom is 0.230 e. The first-order valence-corrected chi connectivity index (χ1v) is 21.2. The highest BCUT2D eigenvalue weighted by Gasteiger charge is 2.54. The van der Waals surface area contributed by atoms with Gasteiger partial charge >= 0.3 is 0 Å². The Hall–Kier alpha value is -0.866. The van der Waals surface area contributed by atoms with Gasteiger partial charge in [0.2, 0.25) is 11.4 Å². The lowest BCUT2D eigenvalue weighted by Gasteiger charge is -2.45. The van der Waals surface area contributed by atoms with E-state index in [9.17, 15) is 5.21 Å². The van der Waals surface area contributed by atoms with Crippen LogP contribution in [0.25, 0.3) is 0 Å². The fourth-order valence-electron chi connectivity index (χ4n) is 5.00. The van der Waals surface area contributed by atoms with E-state index in [0.29, 0.717) is 55.6 Å². The van der Waals surface area contributed by atoms with Gasteiger partial charge in [0.1, 0.15) is 0 Å². The highest BCUT2D eigenvalue weighted by Crippen LogP contribution is 2.46. The minimum atomic E-state index is -2.27. The first-order chi connectivity index (χ1) is 19.0. The van der Waals surface area contributed by atoms with E-state index in [-0.39, 0.29) is 22.5 Å². The lowest BCUT2D eigenvalue weighted by atomic mass is 9.73. The van der Waals surface area contributed by atoms with E-state index >= 15 is 0 Å². The Labute approximate surface area is 255 Å². The van der Waals surface area contributed by atoms with Crippen LogP contribution in [0, 0.1) is 5.21 Å². The van der Waals surface area contributed by atoms with Gasteiger partial charge in [0.05, 0.1) is 49.5 Å². The molecule has 2 aliphatic heterocycles. The average Bonchev–Trinajstić information content (AvgIpc) is 3.59. The largest absolute Gasteiger partial charge is 0.413 e. The zero-order valence-corrected chi connectivity index (χ0v) is 30.7. The number of hydrogen-bond acceptors (Lipinski definition) is 9. The topological polar surface area (TPSA) is 108 Å². The molecule has 42 heavy (non-hydrogen) atoms. The zero-order chi connectivity index (χ0) is 31.9. The molecule has 0 spiro atoms. The number of nitrogens with zero attached hydrogens (tertiary/aromatic N) is 2. The summed E-state index contributed by atoms with van der Waals surface area (Å²) in [5.41, 5.74) is -0.535. The van der Waals surface area contributed by atoms with Gasteiger partial charge in [-0.3, -0.25) is 4.63 Å². The second-order valence-corrected chi connectivity index (χ2v) is 25.6. The summed E-state index contributed by atoms with van der Waals surface area (Å²) >= 11 is 0. The number of hydrogen-bond donors (Lipinski definition) is 0. The first kappa shape index (κ1) is 35.6. The molecule has 3 heterocycles. The van der Waals surface area contributed by atoms with Crippen LogP contribution < -0.4 is 4.90 Å². The standard InChI is InChI=1S/C30H58N2O8Si2/c1-27(2,3)41(11,12)38-21(19-23-34-15-16-35-23)29(7,8)25-26(32(33)40-31-25)30(9,10)22(20-24-36-17-18-37-24)39-42(13,14)28(4,5)6/h21-24H,15-20H2,1-14H3/t21-,22-/m0/s1. The summed E-state index contributed by atoms with van der Waals surface area (Å²) < 4.78 is 43.0. The minimum absolute atomic E-state index is 0.0214. The van der Waals surface area contributed by atoms with Crippen LogP contribution in [0.2, 0.25) is 36.3 Å². The van der Waals surface area contributed by atoms with Gasteiger partial charge in [0.25, 0.3) is 0 Å². The second-order valence-electron chi connectivity index (χ2n) is 16.1. The Bertz CT molecular complexity index is 1030. The Morgan fingerprint density at radius 1 is 0.714 bits per heavy atom. The van der Waals surface area contributed by atoms with Crippen LogP contribution in [-0.2, 0) is 38.6 Å². The molecule has 10 nitrogen and oxygen atoms in total. The molecule has 0 bridgehead atoms. The summed E-state index contributed by atoms with van der Waals surface area (Å²) in [5.74, 6) is 0. The van der Waals surface area contributed by atoms with Crippen LogP contribution in [0.3, 0.4) is 0 Å². The quantitative estimate of drug-likeness (QED) is 0.198. The first-order valence-electron chi connectivity index (χ1n) is 15.4. The van der Waals surface area contributed by atoms with E-state index in [1.807, 2.05) is 13.8 Å². The number of ether oxygens (including phenoxy) is 4. The molecule has 2 fully saturated rings. The molecule has 244 valence electrons. The van der Waals surface area contributed by atoms with Gasteiger partial charge in [0.15, 0.2) is 29.2 Å². The van der Waals surface area contributed by atoms with Crippen molar-refractivity contribution < 1.29 is 37.3 Å². The van der Waals surface area contributed by atoms with Gasteiger partial charge in [-0.15, -0.1) is 0 Å². The fraction of sp³-hybridized carbons (Fsp3) is 0.933. The van der Waals surface area contributed by atoms with E-state index in [2.05, 4.69) is 86.7 Å². The molecule has 2 aliphatic rings. The van der Waals surface area contributed by atoms with Gasteiger partial charge in [-0.25, -0.2) is 0 Å². The summed E-state index contributed by atoms with van der Waals surface area (Å²) in [6.45, 7) is 32.6. The molecular formula is C30H58N2O8Si2. The molecule has 0 aliphatic carbocycles. The van der Waals surface area contributed by atoms with E-state index in [1.165, 1.54) is 0 Å². The van der Waals surface area contributed by atoms with Crippen LogP contribution in [0.5, 0.6) is 0 Å². The number of aromatic nitrogens is 2. The third-order valence-electron chi connectivity index (χ3n) is 10.1. The van der Waals surface area contributed by atoms with Crippen molar-refractivity contribution in [3.8, 4) is 0 Å². The van der Waals surface area contributed by atoms with Crippen molar-refractivity contribution in [2.24, 2.45) is 0 Å². The highest BCUT2D eigenvalue weighted by atomic mass is 28.4. The van der Waals surface area contributed by atoms with Gasteiger partial charge < -0.3 is 33.0 Å². The lowest BCUT2D eigenvalue weighted by molar-refractivity contribution is -0.810. The van der Waals surface area contributed by atoms with Crippen molar-refractivity contribution in [1.82, 2.24) is 5.16 Å². The summed E-state index contributed by atoms with van der Waals surface area (Å²) in [6.07, 6.45) is -0.522. The highest BCUT2D eigenvalue weighted by molar-refractivity contribution is 6.74. The van der Waals surface area contributed by atoms with Gasteiger partial charge in [0, 0.05) is 18.0 Å². The van der Waals surface area contributed by atoms with Crippen LogP contribution in [0.4, 0.5) is 0 Å². The van der Waals surface area contributed by atoms with Gasteiger partial charge in [-0.1, -0.05) is 41.5 Å². The second kappa shape index (κ2) is 12.5. The maximum absolute atomic E-state index is 13.5. The van der Waals surface area contributed by atoms with Crippen molar-refractivity contribution in [3.05, 3.63) is 16.6 Å². The molecule has 1 aromatic heterocycles. The van der Waals surface area contributed by atoms with Crippen molar-refractivity contribution in [1.29, 1.82) is 0 Å². The van der Waals surface area contributed by atoms with Crippen LogP contribution in [-0.4, -0.2) is 73.0 Å². The molecule has 2 atom stereocenters. The van der Waals surface area contributed by atoms with Gasteiger partial charge in [-0.2, -0.15) is 0 Å². The Kier molecular flexibility index (Phi) is 10.6. The fourth-order valence-corrected chi connectivity index (χ4v) is 7.91. The molecule has 0 saturated carbocycles. The Morgan fingerprint density at radius 2 is 1.07 bits per heavy atom. The molecule has 12 heteroatoms. The smallest absolute Gasteiger partial charge is 0.230 e. The van der Waals surface area contributed by atoms with Crippen molar-refractivity contribution in [3.63, 3.8) is 0 Å². The summed E-state index contributed by atoms with van der Waals surface area (Å²) in [6, 6.07) is 0. The van der Waals surface area contributed by atoms with Crippen LogP contribution >= 0.6 is 0 Å². The molecule has 0 N–H and O–H groups in total. The van der Waals surface area contributed by atoms with Gasteiger partial charge in [-0.05, 0) is 68.9 Å². The molecule has 3 rings (SSSR count). The average molecular weight is 631 g/mol. The third-order valence-corrected chi connectivity index (χ3v) is 19.1. The third kappa shape index (κ3) is 7.67. The summed E-state index contributed by atoms with van der Waals surface area (Å²) in [5, 5.41) is 17.9. The monoisotopic (exact) mass is 630 g/mol. The summed E-state index contributed by atoms with van der Waals surface area (Å²) in [4.78, 5) is 0.557. The van der Waals surface area contributed by atoms with E-state index < -0.39 is 39.9 Å². The molecule has 1 aromatic rings. The molecular weight excluding hydrogens is 573 g/mol. The molecule has 0 amide bonds. The number of rotatable bonds is 12. The Balaban J connectivity index is 2.08. The predicted octanol–water partition coefficient (Wildman–Crippen LogP) is 6.17. The lowest BCUT2D eigenvalue weighted by Crippen LogP contribution is -2.55. The zero-order valence-electron chi connectivity index (χ0n) is 28.7. The van der Waals surface area contributed by atoms with Crippen LogP contribution in [0.1, 0.15) is 93.5 Å². The molecule has 0 radical (unpaired) electrons. The van der Waals surface area contributed by atoms with E-state index in [4.69, 9.17) is 32.4 Å². The SMILES string of the molecule is CC(C)(c1no[n+]([O-])c1C(C)(C)[C@H](CC1OCCO1)O[Si](C)(C)C(C)(C)C)[C@H](CC1OCCO1)O[Si](C)(C)C(C)(C)C. The predicted molar refractivity (Wildman–Crippen MR) is 166 cm³/mol. The van der Waals surface area contributed by atoms with E-state index in [0.717, 1.165) is 0 Å². The maximum atomic E-state index is 13.5. The Morgan fingerprint density at radius 3 is 1.43 bits per heavy atom. The molecule has 0 aromatic carbocycles. The van der Waals surface area contributed by atoms with Crippen molar-refractivity contribution in [2.75, 3.05) is 26.4 Å². The minimum Gasteiger partial charge on any atom is -0.413 e. The molecule has 2 saturated heterocycles. The van der Waals surface area contributed by atoms with Crippen molar-refractivity contribution in [2.45, 2.75) is 154 Å². The summed E-state index contributed by atoms with van der Waals surface area (Å²) in [7, 11) is -4.51. The normalized spacial score (nSPS) is 20.4. The van der Waals surface area contributed by atoms with Crippen LogP contribution in [0.15, 0.2) is 4.63 Å².